The molecule has 0 aromatic heterocycles. The molecule has 1 aromatic rings. The summed E-state index contributed by atoms with van der Waals surface area (Å²) in [5, 5.41) is 3.57. The fraction of sp³-hybridized carbons (Fsp3) is 0.650. The molecule has 1 N–H and O–H groups in total. The molecule has 0 saturated carbocycles. The Labute approximate surface area is 157 Å². The van der Waals surface area contributed by atoms with Gasteiger partial charge in [-0.15, -0.1) is 11.8 Å². The maximum absolute atomic E-state index is 4.50. The van der Waals surface area contributed by atoms with E-state index in [0.717, 1.165) is 31.5 Å². The first kappa shape index (κ1) is 18.6. The standard InChI is InChI=1S/C20H32N4S/c1-21-20(22-11-7-14-23-12-5-6-13-23)24-15-10-18(16-24)17-25-19-8-3-2-4-9-19/h2-4,8-9,18H,5-7,10-17H2,1H3,(H,21,22). The molecule has 1 atom stereocenters. The van der Waals surface area contributed by atoms with Crippen molar-refractivity contribution in [1.29, 1.82) is 0 Å². The Morgan fingerprint density at radius 1 is 1.20 bits per heavy atom. The van der Waals surface area contributed by atoms with Crippen LogP contribution in [-0.2, 0) is 0 Å². The Hall–Kier alpha value is -1.20. The average Bonchev–Trinajstić information content (AvgIpc) is 3.33. The van der Waals surface area contributed by atoms with Gasteiger partial charge in [-0.1, -0.05) is 18.2 Å². The van der Waals surface area contributed by atoms with Gasteiger partial charge in [0.05, 0.1) is 0 Å². The summed E-state index contributed by atoms with van der Waals surface area (Å²) < 4.78 is 0. The molecule has 0 radical (unpaired) electrons. The highest BCUT2D eigenvalue weighted by Crippen LogP contribution is 2.25. The van der Waals surface area contributed by atoms with E-state index in [-0.39, 0.29) is 0 Å². The smallest absolute Gasteiger partial charge is 0.193 e. The van der Waals surface area contributed by atoms with Gasteiger partial charge in [0.25, 0.3) is 0 Å². The minimum absolute atomic E-state index is 0.758. The Morgan fingerprint density at radius 2 is 2.00 bits per heavy atom. The number of thioether (sulfide) groups is 1. The van der Waals surface area contributed by atoms with Gasteiger partial charge in [-0.25, -0.2) is 0 Å². The van der Waals surface area contributed by atoms with Gasteiger partial charge >= 0.3 is 0 Å². The molecule has 138 valence electrons. The first-order valence-corrected chi connectivity index (χ1v) is 10.7. The van der Waals surface area contributed by atoms with E-state index in [4.69, 9.17) is 0 Å². The van der Waals surface area contributed by atoms with Crippen LogP contribution in [0.5, 0.6) is 0 Å². The maximum Gasteiger partial charge on any atom is 0.193 e. The monoisotopic (exact) mass is 360 g/mol. The molecule has 2 aliphatic heterocycles. The molecule has 2 saturated heterocycles. The molecular formula is C20H32N4S. The summed E-state index contributed by atoms with van der Waals surface area (Å²) in [6, 6.07) is 10.7. The number of nitrogens with zero attached hydrogens (tertiary/aromatic N) is 3. The van der Waals surface area contributed by atoms with Crippen molar-refractivity contribution in [3.05, 3.63) is 30.3 Å². The Kier molecular flexibility index (Phi) is 7.49. The van der Waals surface area contributed by atoms with Crippen LogP contribution >= 0.6 is 11.8 Å². The summed E-state index contributed by atoms with van der Waals surface area (Å²) in [5.41, 5.74) is 0. The van der Waals surface area contributed by atoms with E-state index < -0.39 is 0 Å². The van der Waals surface area contributed by atoms with Crippen LogP contribution in [0, 0.1) is 5.92 Å². The van der Waals surface area contributed by atoms with Crippen LogP contribution in [0.3, 0.4) is 0 Å². The number of benzene rings is 1. The van der Waals surface area contributed by atoms with Gasteiger partial charge in [-0.2, -0.15) is 0 Å². The summed E-state index contributed by atoms with van der Waals surface area (Å²) in [4.78, 5) is 10.9. The van der Waals surface area contributed by atoms with E-state index >= 15 is 0 Å². The molecule has 25 heavy (non-hydrogen) atoms. The van der Waals surface area contributed by atoms with Crippen LogP contribution in [-0.4, -0.2) is 67.8 Å². The Bertz CT molecular complexity index is 528. The number of guanidine groups is 1. The molecule has 0 amide bonds. The molecule has 3 rings (SSSR count). The molecule has 1 unspecified atom stereocenters. The third-order valence-electron chi connectivity index (χ3n) is 5.16. The lowest BCUT2D eigenvalue weighted by Gasteiger charge is -2.22. The minimum Gasteiger partial charge on any atom is -0.356 e. The molecule has 4 nitrogen and oxygen atoms in total. The van der Waals surface area contributed by atoms with Crippen molar-refractivity contribution in [2.75, 3.05) is 52.1 Å². The fourth-order valence-electron chi connectivity index (χ4n) is 3.73. The quantitative estimate of drug-likeness (QED) is 0.350. The lowest BCUT2D eigenvalue weighted by Crippen LogP contribution is -2.41. The zero-order chi connectivity index (χ0) is 17.3. The van der Waals surface area contributed by atoms with Gasteiger partial charge in [0, 0.05) is 37.3 Å². The zero-order valence-electron chi connectivity index (χ0n) is 15.5. The Balaban J connectivity index is 1.34. The van der Waals surface area contributed by atoms with Gasteiger partial charge in [0.15, 0.2) is 5.96 Å². The predicted molar refractivity (Wildman–Crippen MR) is 108 cm³/mol. The fourth-order valence-corrected chi connectivity index (χ4v) is 4.78. The van der Waals surface area contributed by atoms with E-state index in [1.54, 1.807) is 0 Å². The summed E-state index contributed by atoms with van der Waals surface area (Å²) in [6.45, 7) is 7.10. The van der Waals surface area contributed by atoms with Crippen molar-refractivity contribution in [2.24, 2.45) is 10.9 Å². The van der Waals surface area contributed by atoms with Crippen LogP contribution in [0.25, 0.3) is 0 Å². The number of hydrogen-bond acceptors (Lipinski definition) is 3. The normalized spacial score (nSPS) is 21.9. The highest BCUT2D eigenvalue weighted by Gasteiger charge is 2.24. The van der Waals surface area contributed by atoms with Crippen molar-refractivity contribution < 1.29 is 0 Å². The minimum atomic E-state index is 0.758. The molecule has 0 bridgehead atoms. The van der Waals surface area contributed by atoms with Crippen LogP contribution in [0.15, 0.2) is 40.2 Å². The summed E-state index contributed by atoms with van der Waals surface area (Å²) in [6.07, 6.45) is 5.24. The third-order valence-corrected chi connectivity index (χ3v) is 6.40. The van der Waals surface area contributed by atoms with Crippen molar-refractivity contribution in [2.45, 2.75) is 30.6 Å². The van der Waals surface area contributed by atoms with Crippen molar-refractivity contribution in [3.8, 4) is 0 Å². The van der Waals surface area contributed by atoms with Crippen molar-refractivity contribution in [3.63, 3.8) is 0 Å². The molecule has 1 aromatic carbocycles. The number of nitrogens with one attached hydrogen (secondary N) is 1. The second-order valence-electron chi connectivity index (χ2n) is 7.10. The van der Waals surface area contributed by atoms with Gasteiger partial charge < -0.3 is 15.1 Å². The van der Waals surface area contributed by atoms with Crippen LogP contribution < -0.4 is 5.32 Å². The van der Waals surface area contributed by atoms with E-state index in [0.29, 0.717) is 0 Å². The molecule has 2 fully saturated rings. The van der Waals surface area contributed by atoms with Gasteiger partial charge in [0.2, 0.25) is 0 Å². The summed E-state index contributed by atoms with van der Waals surface area (Å²) in [7, 11) is 1.91. The first-order chi connectivity index (χ1) is 12.3. The molecule has 5 heteroatoms. The van der Waals surface area contributed by atoms with Crippen LogP contribution in [0.1, 0.15) is 25.7 Å². The van der Waals surface area contributed by atoms with Crippen molar-refractivity contribution in [1.82, 2.24) is 15.1 Å². The topological polar surface area (TPSA) is 30.9 Å². The molecular weight excluding hydrogens is 328 g/mol. The van der Waals surface area contributed by atoms with Crippen LogP contribution in [0.4, 0.5) is 0 Å². The highest BCUT2D eigenvalue weighted by atomic mass is 32.2. The molecule has 2 heterocycles. The third kappa shape index (κ3) is 5.93. The van der Waals surface area contributed by atoms with Gasteiger partial charge in [-0.3, -0.25) is 4.99 Å². The van der Waals surface area contributed by atoms with Gasteiger partial charge in [0.1, 0.15) is 0 Å². The largest absolute Gasteiger partial charge is 0.356 e. The second kappa shape index (κ2) is 10.1. The van der Waals surface area contributed by atoms with Crippen molar-refractivity contribution >= 4 is 17.7 Å². The maximum atomic E-state index is 4.50. The number of aliphatic imine (C=N–C) groups is 1. The zero-order valence-corrected chi connectivity index (χ0v) is 16.3. The average molecular weight is 361 g/mol. The van der Waals surface area contributed by atoms with E-state index in [9.17, 15) is 0 Å². The van der Waals surface area contributed by atoms with Gasteiger partial charge in [-0.05, 0) is 63.4 Å². The highest BCUT2D eigenvalue weighted by molar-refractivity contribution is 7.99. The first-order valence-electron chi connectivity index (χ1n) is 9.71. The second-order valence-corrected chi connectivity index (χ2v) is 8.19. The SMILES string of the molecule is CN=C(NCCCN1CCCC1)N1CCC(CSc2ccccc2)C1. The summed E-state index contributed by atoms with van der Waals surface area (Å²) in [5.74, 6) is 3.05. The number of hydrogen-bond donors (Lipinski definition) is 1. The number of likely N-dealkylation sites (tertiary alicyclic amines) is 2. The van der Waals surface area contributed by atoms with E-state index in [2.05, 4.69) is 50.4 Å². The van der Waals surface area contributed by atoms with Crippen LogP contribution in [0.2, 0.25) is 0 Å². The van der Waals surface area contributed by atoms with E-state index in [1.165, 1.54) is 56.0 Å². The Morgan fingerprint density at radius 3 is 2.76 bits per heavy atom. The lowest BCUT2D eigenvalue weighted by atomic mass is 10.2. The lowest BCUT2D eigenvalue weighted by molar-refractivity contribution is 0.333. The summed E-state index contributed by atoms with van der Waals surface area (Å²) >= 11 is 1.98. The van der Waals surface area contributed by atoms with E-state index in [1.807, 2.05) is 18.8 Å². The predicted octanol–water partition coefficient (Wildman–Crippen LogP) is 3.16. The molecule has 0 spiro atoms. The number of rotatable bonds is 7. The molecule has 2 aliphatic rings. The molecule has 0 aliphatic carbocycles.